The van der Waals surface area contributed by atoms with Gasteiger partial charge in [-0.3, -0.25) is 14.6 Å². The van der Waals surface area contributed by atoms with Crippen molar-refractivity contribution in [1.82, 2.24) is 14.5 Å². The van der Waals surface area contributed by atoms with Crippen molar-refractivity contribution in [3.8, 4) is 5.75 Å². The topological polar surface area (TPSA) is 102 Å². The van der Waals surface area contributed by atoms with E-state index in [9.17, 15) is 18.3 Å². The van der Waals surface area contributed by atoms with Crippen molar-refractivity contribution < 1.29 is 23.1 Å². The van der Waals surface area contributed by atoms with E-state index in [-0.39, 0.29) is 35.0 Å². The van der Waals surface area contributed by atoms with Gasteiger partial charge in [0.2, 0.25) is 10.0 Å². The molecule has 9 nitrogen and oxygen atoms in total. The molecule has 278 valence electrons. The van der Waals surface area contributed by atoms with E-state index < -0.39 is 21.5 Å². The zero-order chi connectivity index (χ0) is 35.8. The number of hydrogen-bond donors (Lipinski definition) is 2. The summed E-state index contributed by atoms with van der Waals surface area (Å²) in [5.41, 5.74) is 2.27. The fourth-order valence-corrected chi connectivity index (χ4v) is 10.7. The Labute approximate surface area is 309 Å². The average molecular weight is 739 g/mol. The summed E-state index contributed by atoms with van der Waals surface area (Å²) in [6.45, 7) is 10.4. The van der Waals surface area contributed by atoms with E-state index in [1.807, 2.05) is 44.2 Å². The van der Waals surface area contributed by atoms with Crippen LogP contribution in [0.1, 0.15) is 80.3 Å². The first-order valence-electron chi connectivity index (χ1n) is 19.2. The van der Waals surface area contributed by atoms with Gasteiger partial charge in [0.15, 0.2) is 0 Å². The van der Waals surface area contributed by atoms with Crippen molar-refractivity contribution in [2.75, 3.05) is 56.5 Å². The largest absolute Gasteiger partial charge is 0.487 e. The van der Waals surface area contributed by atoms with Gasteiger partial charge in [0.05, 0.1) is 17.0 Å². The number of benzene rings is 2. The Kier molecular flexibility index (Phi) is 11.1. The monoisotopic (exact) mass is 738 g/mol. The van der Waals surface area contributed by atoms with Crippen LogP contribution in [-0.4, -0.2) is 92.4 Å². The number of aryl methyl sites for hydroxylation is 1. The first kappa shape index (κ1) is 36.7. The quantitative estimate of drug-likeness (QED) is 0.368. The number of β-amino-alcohol motifs (C(OH)–C–C–N with tert-alkyl or cyclic N) is 1. The number of anilines is 1. The summed E-state index contributed by atoms with van der Waals surface area (Å²) in [6, 6.07) is 11.7. The van der Waals surface area contributed by atoms with Crippen molar-refractivity contribution in [1.29, 1.82) is 0 Å². The number of hydrogen-bond acceptors (Lipinski definition) is 8. The van der Waals surface area contributed by atoms with Crippen LogP contribution in [0.3, 0.4) is 0 Å². The van der Waals surface area contributed by atoms with Crippen molar-refractivity contribution in [3.05, 3.63) is 70.3 Å². The number of sulfonamides is 1. The highest BCUT2D eigenvalue weighted by atomic mass is 35.5. The van der Waals surface area contributed by atoms with Crippen molar-refractivity contribution in [2.24, 2.45) is 23.7 Å². The molecule has 0 aromatic heterocycles. The minimum absolute atomic E-state index is 0.0534. The summed E-state index contributed by atoms with van der Waals surface area (Å²) in [6.07, 6.45) is 12.5. The SMILES string of the molecule is C[C@@H]1CS(=O)(=O)NC(=O)c2ccc3c(c2)N(CCCCc2cc(Cl)ccc2CO3)C[C@@H]2CC[C@H]2[C@](O)(CN2CCN3CCCC[C@@H]3C2)/C=C/[C@@H]1C. The summed E-state index contributed by atoms with van der Waals surface area (Å²) in [5.74, 6) is -0.262. The molecule has 5 aliphatic rings. The van der Waals surface area contributed by atoms with E-state index in [1.54, 1.807) is 18.2 Å². The first-order valence-corrected chi connectivity index (χ1v) is 21.2. The van der Waals surface area contributed by atoms with Crippen molar-refractivity contribution >= 4 is 33.2 Å². The number of fused-ring (bicyclic) bond motifs is 4. The number of halogens is 1. The van der Waals surface area contributed by atoms with E-state index in [4.69, 9.17) is 16.3 Å². The number of piperazine rings is 1. The van der Waals surface area contributed by atoms with Gasteiger partial charge in [-0.25, -0.2) is 13.1 Å². The van der Waals surface area contributed by atoms with Crippen LogP contribution < -0.4 is 14.4 Å². The molecule has 2 aromatic carbocycles. The van der Waals surface area contributed by atoms with Gasteiger partial charge in [-0.2, -0.15) is 0 Å². The molecule has 2 bridgehead atoms. The summed E-state index contributed by atoms with van der Waals surface area (Å²) in [7, 11) is -3.93. The van der Waals surface area contributed by atoms with Gasteiger partial charge >= 0.3 is 0 Å². The van der Waals surface area contributed by atoms with Gasteiger partial charge < -0.3 is 14.7 Å². The third kappa shape index (κ3) is 8.46. The van der Waals surface area contributed by atoms with Gasteiger partial charge in [-0.15, -0.1) is 0 Å². The third-order valence-electron chi connectivity index (χ3n) is 12.5. The molecule has 2 saturated heterocycles. The normalized spacial score (nSPS) is 32.8. The first-order chi connectivity index (χ1) is 24.5. The van der Waals surface area contributed by atoms with E-state index in [1.165, 1.54) is 31.4 Å². The number of amides is 1. The van der Waals surface area contributed by atoms with Crippen LogP contribution in [0.5, 0.6) is 5.75 Å². The number of ether oxygens (including phenoxy) is 1. The molecule has 0 radical (unpaired) electrons. The van der Waals surface area contributed by atoms with E-state index in [2.05, 4.69) is 19.4 Å². The molecule has 1 aliphatic carbocycles. The summed E-state index contributed by atoms with van der Waals surface area (Å²) in [5, 5.41) is 13.5. The lowest BCUT2D eigenvalue weighted by Crippen LogP contribution is -2.60. The second-order valence-electron chi connectivity index (χ2n) is 16.1. The van der Waals surface area contributed by atoms with E-state index in [0.29, 0.717) is 36.5 Å². The van der Waals surface area contributed by atoms with Crippen LogP contribution in [0, 0.1) is 23.7 Å². The maximum absolute atomic E-state index is 13.5. The van der Waals surface area contributed by atoms with Crippen molar-refractivity contribution in [2.45, 2.75) is 83.5 Å². The number of carbonyl (C=O) groups excluding carboxylic acids is 1. The Balaban J connectivity index is 1.23. The maximum Gasteiger partial charge on any atom is 0.264 e. The smallest absolute Gasteiger partial charge is 0.264 e. The fraction of sp³-hybridized carbons (Fsp3) is 0.625. The minimum Gasteiger partial charge on any atom is -0.487 e. The minimum atomic E-state index is -3.93. The van der Waals surface area contributed by atoms with Crippen molar-refractivity contribution in [3.63, 3.8) is 0 Å². The zero-order valence-corrected chi connectivity index (χ0v) is 31.8. The Hall–Kier alpha value is -2.63. The number of allylic oxidation sites excluding steroid dienone is 1. The van der Waals surface area contributed by atoms with Crippen LogP contribution in [0.25, 0.3) is 0 Å². The lowest BCUT2D eigenvalue weighted by molar-refractivity contribution is -0.0766. The zero-order valence-electron chi connectivity index (χ0n) is 30.2. The molecule has 51 heavy (non-hydrogen) atoms. The number of nitrogens with one attached hydrogen (secondary N) is 1. The molecular formula is C40H55ClN4O5S. The van der Waals surface area contributed by atoms with Crippen LogP contribution in [0.15, 0.2) is 48.6 Å². The second-order valence-corrected chi connectivity index (χ2v) is 18.3. The van der Waals surface area contributed by atoms with Gasteiger partial charge in [0.1, 0.15) is 12.4 Å². The average Bonchev–Trinajstić information content (AvgIpc) is 3.11. The summed E-state index contributed by atoms with van der Waals surface area (Å²) < 4.78 is 35.5. The molecule has 0 spiro atoms. The number of rotatable bonds is 2. The third-order valence-corrected chi connectivity index (χ3v) is 14.2. The molecule has 11 heteroatoms. The second kappa shape index (κ2) is 15.4. The Morgan fingerprint density at radius 1 is 0.961 bits per heavy atom. The lowest BCUT2D eigenvalue weighted by Gasteiger charge is -2.51. The van der Waals surface area contributed by atoms with E-state index >= 15 is 0 Å². The highest BCUT2D eigenvalue weighted by molar-refractivity contribution is 7.90. The standard InChI is InChI=1S/C40H55ClN4O5S/c1-28-15-16-40(47,27-43-19-20-44-17-6-4-8-35(44)24-43)36-13-10-32(36)23-45-18-5-3-7-30-21-34(41)12-9-33(30)25-50-38-14-11-31(22-37(38)45)39(46)42-51(48,49)26-29(28)2/h9,11-12,14-16,21-22,28-29,32,35-36,47H,3-8,10,13,17-20,23-27H2,1-2H3,(H,42,46)/b16-15+/t28-,29+,32-,35+,36+,40+/m0/s1. The molecule has 1 amide bonds. The predicted octanol–water partition coefficient (Wildman–Crippen LogP) is 5.89. The van der Waals surface area contributed by atoms with E-state index in [0.717, 1.165) is 69.5 Å². The highest BCUT2D eigenvalue weighted by Crippen LogP contribution is 2.45. The lowest BCUT2D eigenvalue weighted by atomic mass is 9.64. The molecule has 4 heterocycles. The molecule has 4 aliphatic heterocycles. The van der Waals surface area contributed by atoms with Gasteiger partial charge in [-0.1, -0.05) is 50.1 Å². The predicted molar refractivity (Wildman–Crippen MR) is 203 cm³/mol. The fourth-order valence-electron chi connectivity index (χ4n) is 9.07. The van der Waals surface area contributed by atoms with Crippen LogP contribution in [0.4, 0.5) is 5.69 Å². The van der Waals surface area contributed by atoms with Crippen LogP contribution >= 0.6 is 11.6 Å². The number of carbonyl (C=O) groups is 1. The van der Waals surface area contributed by atoms with Gasteiger partial charge in [0, 0.05) is 55.9 Å². The van der Waals surface area contributed by atoms with Crippen LogP contribution in [-0.2, 0) is 23.1 Å². The molecule has 7 rings (SSSR count). The molecule has 6 atom stereocenters. The maximum atomic E-state index is 13.5. The Morgan fingerprint density at radius 2 is 1.80 bits per heavy atom. The summed E-state index contributed by atoms with van der Waals surface area (Å²) in [4.78, 5) is 20.9. The van der Waals surface area contributed by atoms with Gasteiger partial charge in [0.25, 0.3) is 5.91 Å². The Bertz CT molecular complexity index is 1720. The molecule has 3 fully saturated rings. The number of nitrogens with zero attached hydrogens (tertiary/aromatic N) is 3. The summed E-state index contributed by atoms with van der Waals surface area (Å²) >= 11 is 6.39. The Morgan fingerprint density at radius 3 is 2.63 bits per heavy atom. The molecule has 2 N–H and O–H groups in total. The van der Waals surface area contributed by atoms with Crippen LogP contribution in [0.2, 0.25) is 5.02 Å². The number of aliphatic hydroxyl groups is 1. The molecule has 1 saturated carbocycles. The molecule has 0 unspecified atom stereocenters. The number of piperidine rings is 1. The van der Waals surface area contributed by atoms with Gasteiger partial charge in [-0.05, 0) is 117 Å². The highest BCUT2D eigenvalue weighted by Gasteiger charge is 2.47. The molecular weight excluding hydrogens is 684 g/mol. The molecule has 2 aromatic rings.